The summed E-state index contributed by atoms with van der Waals surface area (Å²) in [4.78, 5) is 23.5. The standard InChI is InChI=1S/C11H14FNO3/c1-6(14)13-8-2-3-9(13)11(12)7(4-8)5-10(15)16/h5,8-9,11H,2-4H2,1H3,(H,15,16)/b7-5-. The van der Waals surface area contributed by atoms with Crippen LogP contribution < -0.4 is 0 Å². The Kier molecular flexibility index (Phi) is 2.69. The average molecular weight is 227 g/mol. The molecule has 1 N–H and O–H groups in total. The number of hydrogen-bond acceptors (Lipinski definition) is 2. The molecule has 2 aliphatic heterocycles. The largest absolute Gasteiger partial charge is 0.478 e. The molecule has 2 heterocycles. The fourth-order valence-electron chi connectivity index (χ4n) is 2.82. The number of carboxylic acids is 1. The zero-order valence-corrected chi connectivity index (χ0v) is 9.02. The molecule has 5 heteroatoms. The normalized spacial score (nSPS) is 35.5. The van der Waals surface area contributed by atoms with Gasteiger partial charge in [-0.3, -0.25) is 4.79 Å². The number of piperidine rings is 1. The Balaban J connectivity index is 2.25. The smallest absolute Gasteiger partial charge is 0.328 e. The summed E-state index contributed by atoms with van der Waals surface area (Å²) in [5.74, 6) is -1.24. The number of carbonyl (C=O) groups excluding carboxylic acids is 1. The Morgan fingerprint density at radius 3 is 2.75 bits per heavy atom. The van der Waals surface area contributed by atoms with Gasteiger partial charge in [-0.2, -0.15) is 0 Å². The molecule has 88 valence electrons. The van der Waals surface area contributed by atoms with Crippen molar-refractivity contribution in [2.45, 2.75) is 44.4 Å². The lowest BCUT2D eigenvalue weighted by molar-refractivity contribution is -0.133. The minimum Gasteiger partial charge on any atom is -0.478 e. The molecular weight excluding hydrogens is 213 g/mol. The second kappa shape index (κ2) is 3.88. The number of hydrogen-bond donors (Lipinski definition) is 1. The molecule has 0 aromatic rings. The SMILES string of the molecule is CC(=O)N1C2CCC1C(F)/C(=C\C(=O)O)C2. The Bertz CT molecular complexity index is 366. The fourth-order valence-corrected chi connectivity index (χ4v) is 2.82. The summed E-state index contributed by atoms with van der Waals surface area (Å²) in [6.45, 7) is 1.43. The molecule has 2 saturated heterocycles. The van der Waals surface area contributed by atoms with Gasteiger partial charge in [0.25, 0.3) is 0 Å². The molecule has 0 aromatic heterocycles. The zero-order valence-electron chi connectivity index (χ0n) is 9.02. The minimum atomic E-state index is -1.32. The molecule has 3 unspecified atom stereocenters. The summed E-state index contributed by atoms with van der Waals surface area (Å²) >= 11 is 0. The third kappa shape index (κ3) is 1.70. The molecule has 4 nitrogen and oxygen atoms in total. The Morgan fingerprint density at radius 1 is 1.50 bits per heavy atom. The van der Waals surface area contributed by atoms with Gasteiger partial charge in [0.15, 0.2) is 0 Å². The summed E-state index contributed by atoms with van der Waals surface area (Å²) in [6.07, 6.45) is 1.37. The predicted octanol–water partition coefficient (Wildman–Crippen LogP) is 1.12. The van der Waals surface area contributed by atoms with Crippen LogP contribution in [-0.4, -0.2) is 40.1 Å². The molecule has 0 aromatic carbocycles. The van der Waals surface area contributed by atoms with E-state index in [9.17, 15) is 14.0 Å². The highest BCUT2D eigenvalue weighted by Crippen LogP contribution is 2.40. The first-order chi connectivity index (χ1) is 7.50. The van der Waals surface area contributed by atoms with E-state index in [0.717, 1.165) is 12.5 Å². The molecule has 2 aliphatic rings. The third-order valence-electron chi connectivity index (χ3n) is 3.38. The number of fused-ring (bicyclic) bond motifs is 2. The highest BCUT2D eigenvalue weighted by molar-refractivity contribution is 5.81. The summed E-state index contributed by atoms with van der Waals surface area (Å²) in [5.41, 5.74) is 0.317. The summed E-state index contributed by atoms with van der Waals surface area (Å²) in [6, 6.07) is -0.470. The highest BCUT2D eigenvalue weighted by atomic mass is 19.1. The molecule has 3 atom stereocenters. The minimum absolute atomic E-state index is 0.0138. The van der Waals surface area contributed by atoms with Crippen molar-refractivity contribution in [2.24, 2.45) is 0 Å². The van der Waals surface area contributed by atoms with Crippen LogP contribution in [0.4, 0.5) is 4.39 Å². The van der Waals surface area contributed by atoms with E-state index in [2.05, 4.69) is 0 Å². The number of rotatable bonds is 1. The van der Waals surface area contributed by atoms with E-state index in [1.165, 1.54) is 6.92 Å². The van der Waals surface area contributed by atoms with Crippen molar-refractivity contribution in [1.82, 2.24) is 4.90 Å². The summed E-state index contributed by atoms with van der Waals surface area (Å²) in [7, 11) is 0. The number of amides is 1. The lowest BCUT2D eigenvalue weighted by Gasteiger charge is -2.37. The average Bonchev–Trinajstić information content (AvgIpc) is 2.52. The molecule has 0 spiro atoms. The topological polar surface area (TPSA) is 57.6 Å². The second-order valence-electron chi connectivity index (χ2n) is 4.39. The van der Waals surface area contributed by atoms with E-state index in [4.69, 9.17) is 5.11 Å². The van der Waals surface area contributed by atoms with Crippen LogP contribution in [0.1, 0.15) is 26.2 Å². The number of aliphatic carboxylic acids is 1. The first-order valence-corrected chi connectivity index (χ1v) is 5.37. The van der Waals surface area contributed by atoms with E-state index in [0.29, 0.717) is 18.4 Å². The van der Waals surface area contributed by atoms with Gasteiger partial charge in [0, 0.05) is 19.0 Å². The molecule has 0 aliphatic carbocycles. The van der Waals surface area contributed by atoms with Gasteiger partial charge < -0.3 is 10.0 Å². The molecule has 0 radical (unpaired) electrons. The Morgan fingerprint density at radius 2 is 2.19 bits per heavy atom. The fraction of sp³-hybridized carbons (Fsp3) is 0.636. The van der Waals surface area contributed by atoms with Crippen LogP contribution in [0.25, 0.3) is 0 Å². The van der Waals surface area contributed by atoms with Crippen molar-refractivity contribution in [3.8, 4) is 0 Å². The highest BCUT2D eigenvalue weighted by Gasteiger charge is 2.46. The Hall–Kier alpha value is -1.39. The maximum Gasteiger partial charge on any atom is 0.328 e. The van der Waals surface area contributed by atoms with Gasteiger partial charge in [-0.05, 0) is 24.8 Å². The number of halogens is 1. The van der Waals surface area contributed by atoms with Crippen LogP contribution >= 0.6 is 0 Å². The molecular formula is C11H14FNO3. The predicted molar refractivity (Wildman–Crippen MR) is 54.6 cm³/mol. The quantitative estimate of drug-likeness (QED) is 0.683. The van der Waals surface area contributed by atoms with E-state index in [1.54, 1.807) is 4.90 Å². The van der Waals surface area contributed by atoms with Crippen LogP contribution in [0.3, 0.4) is 0 Å². The first kappa shape index (κ1) is 11.1. The van der Waals surface area contributed by atoms with E-state index in [1.807, 2.05) is 0 Å². The van der Waals surface area contributed by atoms with Gasteiger partial charge in [0.1, 0.15) is 6.17 Å². The zero-order chi connectivity index (χ0) is 11.9. The van der Waals surface area contributed by atoms with Gasteiger partial charge in [-0.25, -0.2) is 9.18 Å². The van der Waals surface area contributed by atoms with Crippen molar-refractivity contribution >= 4 is 11.9 Å². The van der Waals surface area contributed by atoms with Crippen molar-refractivity contribution in [1.29, 1.82) is 0 Å². The summed E-state index contributed by atoms with van der Waals surface area (Å²) < 4.78 is 14.0. The van der Waals surface area contributed by atoms with Crippen molar-refractivity contribution in [3.05, 3.63) is 11.6 Å². The van der Waals surface area contributed by atoms with Crippen molar-refractivity contribution < 1.29 is 19.1 Å². The van der Waals surface area contributed by atoms with E-state index >= 15 is 0 Å². The molecule has 16 heavy (non-hydrogen) atoms. The van der Waals surface area contributed by atoms with Crippen molar-refractivity contribution in [3.63, 3.8) is 0 Å². The first-order valence-electron chi connectivity index (χ1n) is 5.37. The number of alkyl halides is 1. The van der Waals surface area contributed by atoms with Crippen LogP contribution in [-0.2, 0) is 9.59 Å². The van der Waals surface area contributed by atoms with E-state index < -0.39 is 18.2 Å². The summed E-state index contributed by atoms with van der Waals surface area (Å²) in [5, 5.41) is 8.63. The number of carboxylic acid groups (broad SMARTS) is 1. The molecule has 0 saturated carbocycles. The monoisotopic (exact) mass is 227 g/mol. The Labute approximate surface area is 92.7 Å². The molecule has 2 rings (SSSR count). The van der Waals surface area contributed by atoms with Gasteiger partial charge >= 0.3 is 5.97 Å². The maximum atomic E-state index is 14.0. The van der Waals surface area contributed by atoms with Crippen molar-refractivity contribution in [2.75, 3.05) is 0 Å². The number of nitrogens with zero attached hydrogens (tertiary/aromatic N) is 1. The van der Waals surface area contributed by atoms with Crippen LogP contribution in [0.15, 0.2) is 11.6 Å². The molecule has 2 fully saturated rings. The van der Waals surface area contributed by atoms with E-state index in [-0.39, 0.29) is 11.9 Å². The van der Waals surface area contributed by atoms with Gasteiger partial charge in [-0.15, -0.1) is 0 Å². The van der Waals surface area contributed by atoms with Gasteiger partial charge in [0.2, 0.25) is 5.91 Å². The van der Waals surface area contributed by atoms with Crippen LogP contribution in [0.5, 0.6) is 0 Å². The lowest BCUT2D eigenvalue weighted by Crippen LogP contribution is -2.49. The van der Waals surface area contributed by atoms with Gasteiger partial charge in [0.05, 0.1) is 6.04 Å². The number of carbonyl (C=O) groups is 2. The molecule has 1 amide bonds. The lowest BCUT2D eigenvalue weighted by atomic mass is 9.94. The maximum absolute atomic E-state index is 14.0. The third-order valence-corrected chi connectivity index (χ3v) is 3.38. The van der Waals surface area contributed by atoms with Crippen LogP contribution in [0, 0.1) is 0 Å². The molecule has 2 bridgehead atoms. The van der Waals surface area contributed by atoms with Gasteiger partial charge in [-0.1, -0.05) is 0 Å². The van der Waals surface area contributed by atoms with Crippen LogP contribution in [0.2, 0.25) is 0 Å². The second-order valence-corrected chi connectivity index (χ2v) is 4.39.